The van der Waals surface area contributed by atoms with Gasteiger partial charge in [0.05, 0.1) is 12.6 Å². The number of para-hydroxylation sites is 1. The van der Waals surface area contributed by atoms with E-state index in [1.807, 2.05) is 36.4 Å². The molecule has 0 aliphatic heterocycles. The predicted molar refractivity (Wildman–Crippen MR) is 190 cm³/mol. The fraction of sp³-hybridized carbons (Fsp3) is 0.476. The monoisotopic (exact) mass is 635 g/mol. The Balaban J connectivity index is 1.27. The summed E-state index contributed by atoms with van der Waals surface area (Å²) in [6, 6.07) is 17.7. The van der Waals surface area contributed by atoms with Gasteiger partial charge >= 0.3 is 0 Å². The van der Waals surface area contributed by atoms with E-state index in [4.69, 9.17) is 9.47 Å². The van der Waals surface area contributed by atoms with Crippen molar-refractivity contribution >= 4 is 11.6 Å². The van der Waals surface area contributed by atoms with Crippen LogP contribution in [0, 0.1) is 40.9 Å². The number of hydrogen-bond acceptors (Lipinski definition) is 5. The van der Waals surface area contributed by atoms with Gasteiger partial charge in [-0.05, 0) is 115 Å². The van der Waals surface area contributed by atoms with E-state index in [2.05, 4.69) is 69.7 Å². The molecule has 0 spiro atoms. The van der Waals surface area contributed by atoms with E-state index in [-0.39, 0.29) is 40.7 Å². The van der Waals surface area contributed by atoms with E-state index in [1.54, 1.807) is 6.08 Å². The minimum atomic E-state index is -0.403. The van der Waals surface area contributed by atoms with Crippen LogP contribution in [0.4, 0.5) is 0 Å². The Morgan fingerprint density at radius 1 is 0.957 bits per heavy atom. The second-order valence-electron chi connectivity index (χ2n) is 14.5. The van der Waals surface area contributed by atoms with Gasteiger partial charge in [0.15, 0.2) is 17.4 Å². The molecule has 2 aromatic carbocycles. The topological polar surface area (TPSA) is 64.6 Å². The fourth-order valence-corrected chi connectivity index (χ4v) is 8.52. The quantitative estimate of drug-likeness (QED) is 0.0685. The molecule has 47 heavy (non-hydrogen) atoms. The Morgan fingerprint density at radius 2 is 1.62 bits per heavy atom. The summed E-state index contributed by atoms with van der Waals surface area (Å²) in [6.45, 7) is 21.7. The molecule has 6 atom stereocenters. The Labute approximate surface area is 282 Å². The lowest BCUT2D eigenvalue weighted by Gasteiger charge is -2.32. The molecule has 5 nitrogen and oxygen atoms in total. The fourth-order valence-electron chi connectivity index (χ4n) is 8.52. The third-order valence-corrected chi connectivity index (χ3v) is 11.2. The Morgan fingerprint density at radius 3 is 2.28 bits per heavy atom. The van der Waals surface area contributed by atoms with Crippen LogP contribution < -0.4 is 10.1 Å². The normalized spacial score (nSPS) is 23.5. The minimum Gasteiger partial charge on any atom is -0.442 e. The van der Waals surface area contributed by atoms with E-state index < -0.39 is 6.04 Å². The zero-order chi connectivity index (χ0) is 33.6. The highest BCUT2D eigenvalue weighted by atomic mass is 16.5. The molecule has 1 N–H and O–H groups in total. The van der Waals surface area contributed by atoms with Gasteiger partial charge in [0.2, 0.25) is 0 Å². The maximum Gasteiger partial charge on any atom is 0.186 e. The summed E-state index contributed by atoms with van der Waals surface area (Å²) in [5.41, 5.74) is 3.53. The molecule has 0 amide bonds. The lowest BCUT2D eigenvalue weighted by Crippen LogP contribution is -2.48. The second kappa shape index (κ2) is 15.5. The first kappa shape index (κ1) is 34.6. The van der Waals surface area contributed by atoms with Crippen molar-refractivity contribution in [2.45, 2.75) is 71.3 Å². The van der Waals surface area contributed by atoms with Crippen molar-refractivity contribution in [3.05, 3.63) is 116 Å². The highest BCUT2D eigenvalue weighted by Crippen LogP contribution is 2.70. The van der Waals surface area contributed by atoms with Crippen LogP contribution >= 0.6 is 0 Å². The zero-order valence-corrected chi connectivity index (χ0v) is 28.4. The molecular weight excluding hydrogens is 582 g/mol. The van der Waals surface area contributed by atoms with Crippen molar-refractivity contribution in [3.8, 4) is 5.75 Å². The molecule has 0 bridgehead atoms. The SMILES string of the molecule is C=CCCC(=O)C(=C)C(CCC=C)CCOCC1C(C(=O)C(NC(=C)Oc2ccccc2)C2Cc3ccccc3C2)CC2C1C2(C)C. The van der Waals surface area contributed by atoms with Crippen LogP contribution in [-0.2, 0) is 27.2 Å². The van der Waals surface area contributed by atoms with Crippen molar-refractivity contribution in [1.82, 2.24) is 5.32 Å². The molecule has 250 valence electrons. The predicted octanol–water partition coefficient (Wildman–Crippen LogP) is 8.47. The van der Waals surface area contributed by atoms with Crippen LogP contribution in [0.1, 0.15) is 63.5 Å². The number of ketones is 2. The van der Waals surface area contributed by atoms with Crippen LogP contribution in [0.15, 0.2) is 105 Å². The van der Waals surface area contributed by atoms with E-state index >= 15 is 0 Å². The lowest BCUT2D eigenvalue weighted by atomic mass is 9.77. The molecule has 0 saturated heterocycles. The zero-order valence-electron chi connectivity index (χ0n) is 28.4. The molecule has 0 aromatic heterocycles. The van der Waals surface area contributed by atoms with Gasteiger partial charge in [0, 0.05) is 18.9 Å². The number of hydrogen-bond donors (Lipinski definition) is 1. The molecule has 5 rings (SSSR count). The molecule has 2 aromatic rings. The Hall–Kier alpha value is -3.70. The summed E-state index contributed by atoms with van der Waals surface area (Å²) < 4.78 is 12.5. The van der Waals surface area contributed by atoms with Gasteiger partial charge in [-0.2, -0.15) is 0 Å². The van der Waals surface area contributed by atoms with Gasteiger partial charge in [-0.3, -0.25) is 9.59 Å². The molecule has 6 unspecified atom stereocenters. The third-order valence-electron chi connectivity index (χ3n) is 11.2. The number of fused-ring (bicyclic) bond motifs is 2. The number of rotatable bonds is 20. The molecule has 2 saturated carbocycles. The van der Waals surface area contributed by atoms with Crippen molar-refractivity contribution in [2.24, 2.45) is 40.9 Å². The van der Waals surface area contributed by atoms with Crippen LogP contribution in [0.5, 0.6) is 5.75 Å². The van der Waals surface area contributed by atoms with E-state index in [0.29, 0.717) is 55.1 Å². The molecular formula is C42H53NO4. The number of benzene rings is 2. The number of Topliss-reactive ketones (excluding diaryl/α,β-unsaturated/α-hetero) is 2. The molecule has 3 aliphatic rings. The third kappa shape index (κ3) is 8.06. The first-order valence-electron chi connectivity index (χ1n) is 17.5. The first-order valence-corrected chi connectivity index (χ1v) is 17.5. The second-order valence-corrected chi connectivity index (χ2v) is 14.5. The average molecular weight is 636 g/mol. The summed E-state index contributed by atoms with van der Waals surface area (Å²) >= 11 is 0. The summed E-state index contributed by atoms with van der Waals surface area (Å²) in [6.07, 6.45) is 9.77. The maximum absolute atomic E-state index is 14.7. The van der Waals surface area contributed by atoms with Gasteiger partial charge in [0.1, 0.15) is 5.75 Å². The first-order chi connectivity index (χ1) is 22.6. The van der Waals surface area contributed by atoms with Gasteiger partial charge < -0.3 is 14.8 Å². The number of ether oxygens (including phenoxy) is 2. The van der Waals surface area contributed by atoms with Gasteiger partial charge in [-0.1, -0.05) is 75.0 Å². The van der Waals surface area contributed by atoms with E-state index in [9.17, 15) is 9.59 Å². The van der Waals surface area contributed by atoms with Crippen molar-refractivity contribution in [3.63, 3.8) is 0 Å². The summed E-state index contributed by atoms with van der Waals surface area (Å²) in [5, 5.41) is 3.47. The summed E-state index contributed by atoms with van der Waals surface area (Å²) in [4.78, 5) is 27.4. The Bertz CT molecular complexity index is 1430. The average Bonchev–Trinajstić information content (AvgIpc) is 3.40. The molecule has 0 heterocycles. The van der Waals surface area contributed by atoms with Crippen LogP contribution in [0.2, 0.25) is 0 Å². The number of nitrogens with one attached hydrogen (secondary N) is 1. The standard InChI is InChI=1S/C42H53NO4/c1-7-9-16-30(28(3)38(44)21-10-8-2)22-23-46-27-36-35(26-37-39(36)42(37,5)6)41(45)40(33-24-31-17-14-15-18-32(31)25-33)43-29(4)47-34-19-12-11-13-20-34/h7-8,11-15,17-20,30,33,35-37,39-40,43H,1-4,9-10,16,21-27H2,5-6H3. The van der Waals surface area contributed by atoms with Crippen LogP contribution in [0.3, 0.4) is 0 Å². The van der Waals surface area contributed by atoms with Gasteiger partial charge in [-0.25, -0.2) is 0 Å². The van der Waals surface area contributed by atoms with Crippen LogP contribution in [-0.4, -0.2) is 30.8 Å². The minimum absolute atomic E-state index is 0.0599. The van der Waals surface area contributed by atoms with Gasteiger partial charge in [0.25, 0.3) is 0 Å². The Kier molecular flexibility index (Phi) is 11.4. The van der Waals surface area contributed by atoms with Crippen molar-refractivity contribution in [2.75, 3.05) is 13.2 Å². The smallest absolute Gasteiger partial charge is 0.186 e. The maximum atomic E-state index is 14.7. The summed E-state index contributed by atoms with van der Waals surface area (Å²) in [7, 11) is 0. The lowest BCUT2D eigenvalue weighted by molar-refractivity contribution is -0.129. The number of allylic oxidation sites excluding steroid dienone is 3. The molecule has 3 aliphatic carbocycles. The molecule has 0 radical (unpaired) electrons. The highest BCUT2D eigenvalue weighted by molar-refractivity contribution is 5.95. The highest BCUT2D eigenvalue weighted by Gasteiger charge is 2.68. The van der Waals surface area contributed by atoms with Crippen LogP contribution in [0.25, 0.3) is 0 Å². The largest absolute Gasteiger partial charge is 0.442 e. The van der Waals surface area contributed by atoms with E-state index in [0.717, 1.165) is 38.5 Å². The molecule has 2 fully saturated rings. The summed E-state index contributed by atoms with van der Waals surface area (Å²) in [5.74, 6) is 2.69. The number of carbonyl (C=O) groups is 2. The number of carbonyl (C=O) groups excluding carboxylic acids is 2. The van der Waals surface area contributed by atoms with Crippen molar-refractivity contribution < 1.29 is 19.1 Å². The molecule has 5 heteroatoms. The van der Waals surface area contributed by atoms with Crippen molar-refractivity contribution in [1.29, 1.82) is 0 Å². The van der Waals surface area contributed by atoms with Gasteiger partial charge in [-0.15, -0.1) is 13.2 Å². The van der Waals surface area contributed by atoms with E-state index in [1.165, 1.54) is 11.1 Å².